The second-order valence-electron chi connectivity index (χ2n) is 5.35. The first-order valence-electron chi connectivity index (χ1n) is 7.86. The lowest BCUT2D eigenvalue weighted by Gasteiger charge is -2.06. The molecule has 1 aliphatic carbocycles. The van der Waals surface area contributed by atoms with Crippen molar-refractivity contribution in [2.45, 2.75) is 26.7 Å². The molecule has 0 saturated carbocycles. The van der Waals surface area contributed by atoms with Gasteiger partial charge in [-0.05, 0) is 25.3 Å². The summed E-state index contributed by atoms with van der Waals surface area (Å²) in [5.41, 5.74) is 9.36. The van der Waals surface area contributed by atoms with Crippen LogP contribution < -0.4 is 5.73 Å². The van der Waals surface area contributed by atoms with Crippen LogP contribution in [0.1, 0.15) is 32.3 Å². The third-order valence-corrected chi connectivity index (χ3v) is 3.55. The summed E-state index contributed by atoms with van der Waals surface area (Å²) >= 11 is 0. The van der Waals surface area contributed by atoms with Gasteiger partial charge < -0.3 is 5.73 Å². The van der Waals surface area contributed by atoms with Crippen LogP contribution in [0, 0.1) is 0 Å². The summed E-state index contributed by atoms with van der Waals surface area (Å²) in [6, 6.07) is 9.91. The van der Waals surface area contributed by atoms with Gasteiger partial charge in [-0.2, -0.15) is 0 Å². The Morgan fingerprint density at radius 1 is 1.17 bits per heavy atom. The molecule has 0 aliphatic heterocycles. The van der Waals surface area contributed by atoms with Gasteiger partial charge in [0.15, 0.2) is 5.84 Å². The fraction of sp³-hybridized carbons (Fsp3) is 0.200. The molecule has 0 amide bonds. The average Bonchev–Trinajstić information content (AvgIpc) is 2.88. The average molecular weight is 305 g/mol. The molecule has 0 spiro atoms. The molecule has 23 heavy (non-hydrogen) atoms. The van der Waals surface area contributed by atoms with Crippen molar-refractivity contribution >= 4 is 11.7 Å². The molecular weight excluding hydrogens is 282 g/mol. The highest BCUT2D eigenvalue weighted by Gasteiger charge is 2.06. The van der Waals surface area contributed by atoms with Gasteiger partial charge in [0, 0.05) is 11.8 Å². The Hall–Kier alpha value is -2.68. The highest BCUT2D eigenvalue weighted by molar-refractivity contribution is 6.11. The third-order valence-electron chi connectivity index (χ3n) is 3.55. The monoisotopic (exact) mass is 305 g/mol. The fourth-order valence-corrected chi connectivity index (χ4v) is 1.97. The van der Waals surface area contributed by atoms with Gasteiger partial charge in [-0.25, -0.2) is 9.98 Å². The van der Waals surface area contributed by atoms with Gasteiger partial charge in [0.05, 0.1) is 0 Å². The van der Waals surface area contributed by atoms with E-state index in [-0.39, 0.29) is 0 Å². The van der Waals surface area contributed by atoms with E-state index in [0.29, 0.717) is 11.7 Å². The lowest BCUT2D eigenvalue weighted by atomic mass is 10.1. The zero-order valence-electron chi connectivity index (χ0n) is 13.7. The highest BCUT2D eigenvalue weighted by atomic mass is 15.0. The quantitative estimate of drug-likeness (QED) is 0.644. The van der Waals surface area contributed by atoms with Gasteiger partial charge in [-0.1, -0.05) is 73.2 Å². The Bertz CT molecular complexity index is 702. The van der Waals surface area contributed by atoms with Crippen LogP contribution in [0.3, 0.4) is 0 Å². The van der Waals surface area contributed by atoms with Crippen LogP contribution in [-0.4, -0.2) is 11.7 Å². The number of nitrogens with two attached hydrogens (primary N) is 1. The predicted molar refractivity (Wildman–Crippen MR) is 99.6 cm³/mol. The first-order valence-corrected chi connectivity index (χ1v) is 7.86. The number of nitrogens with zero attached hydrogens (tertiary/aromatic N) is 2. The van der Waals surface area contributed by atoms with Crippen molar-refractivity contribution in [3.05, 3.63) is 83.6 Å². The van der Waals surface area contributed by atoms with Crippen molar-refractivity contribution in [2.75, 3.05) is 0 Å². The molecule has 0 unspecified atom stereocenters. The molecule has 1 aromatic carbocycles. The van der Waals surface area contributed by atoms with Crippen LogP contribution in [0.4, 0.5) is 0 Å². The molecule has 118 valence electrons. The summed E-state index contributed by atoms with van der Waals surface area (Å²) in [4.78, 5) is 9.13. The molecule has 3 nitrogen and oxygen atoms in total. The van der Waals surface area contributed by atoms with E-state index in [1.807, 2.05) is 60.8 Å². The Balaban J connectivity index is 2.38. The van der Waals surface area contributed by atoms with E-state index in [4.69, 9.17) is 5.73 Å². The van der Waals surface area contributed by atoms with Crippen LogP contribution in [0.2, 0.25) is 0 Å². The summed E-state index contributed by atoms with van der Waals surface area (Å²) in [5.74, 6) is 1.14. The SMILES string of the molecule is CC/C(C)=C/N=C(N=C(N)C1=CC=CC=CC1)c1ccccc1. The van der Waals surface area contributed by atoms with Crippen LogP contribution in [0.5, 0.6) is 0 Å². The minimum absolute atomic E-state index is 0.506. The maximum absolute atomic E-state index is 6.21. The molecule has 0 aromatic heterocycles. The molecule has 2 rings (SSSR count). The van der Waals surface area contributed by atoms with Crippen molar-refractivity contribution in [2.24, 2.45) is 15.7 Å². The predicted octanol–water partition coefficient (Wildman–Crippen LogP) is 4.55. The molecule has 1 aliphatic rings. The van der Waals surface area contributed by atoms with E-state index in [2.05, 4.69) is 29.9 Å². The minimum atomic E-state index is 0.506. The van der Waals surface area contributed by atoms with Gasteiger partial charge >= 0.3 is 0 Å². The highest BCUT2D eigenvalue weighted by Crippen LogP contribution is 2.10. The molecule has 0 radical (unpaired) electrons. The summed E-state index contributed by atoms with van der Waals surface area (Å²) in [6.07, 6.45) is 13.6. The van der Waals surface area contributed by atoms with E-state index < -0.39 is 0 Å². The van der Waals surface area contributed by atoms with Crippen LogP contribution in [0.25, 0.3) is 0 Å². The lowest BCUT2D eigenvalue weighted by Crippen LogP contribution is -2.17. The standard InChI is InChI=1S/C20H23N3/c1-3-16(2)15-22-20(18-13-9-6-10-14-18)23-19(21)17-11-7-4-5-8-12-17/h4-11,13-15H,3,12H2,1-2H3,(H2,21,22,23)/b16-15+. The van der Waals surface area contributed by atoms with Gasteiger partial charge in [-0.15, -0.1) is 0 Å². The number of benzene rings is 1. The molecule has 0 heterocycles. The number of allylic oxidation sites excluding steroid dienone is 6. The van der Waals surface area contributed by atoms with E-state index in [1.54, 1.807) is 0 Å². The number of hydrogen-bond acceptors (Lipinski definition) is 1. The van der Waals surface area contributed by atoms with Crippen LogP contribution in [0.15, 0.2) is 88.0 Å². The number of amidine groups is 2. The van der Waals surface area contributed by atoms with Crippen molar-refractivity contribution in [3.63, 3.8) is 0 Å². The largest absolute Gasteiger partial charge is 0.383 e. The smallest absolute Gasteiger partial charge is 0.161 e. The van der Waals surface area contributed by atoms with Crippen molar-refractivity contribution in [3.8, 4) is 0 Å². The Morgan fingerprint density at radius 3 is 2.70 bits per heavy atom. The summed E-state index contributed by atoms with van der Waals surface area (Å²) < 4.78 is 0. The van der Waals surface area contributed by atoms with Crippen molar-refractivity contribution < 1.29 is 0 Å². The van der Waals surface area contributed by atoms with Gasteiger partial charge in [0.1, 0.15) is 5.84 Å². The molecule has 0 saturated heterocycles. The second-order valence-corrected chi connectivity index (χ2v) is 5.35. The zero-order valence-corrected chi connectivity index (χ0v) is 13.7. The molecule has 2 N–H and O–H groups in total. The van der Waals surface area contributed by atoms with E-state index in [9.17, 15) is 0 Å². The summed E-state index contributed by atoms with van der Waals surface area (Å²) in [7, 11) is 0. The fourth-order valence-electron chi connectivity index (χ4n) is 1.97. The third kappa shape index (κ3) is 5.22. The lowest BCUT2D eigenvalue weighted by molar-refractivity contribution is 1.09. The van der Waals surface area contributed by atoms with Gasteiger partial charge in [0.25, 0.3) is 0 Å². The summed E-state index contributed by atoms with van der Waals surface area (Å²) in [6.45, 7) is 4.17. The molecule has 0 fully saturated rings. The Labute approximate surface area is 138 Å². The summed E-state index contributed by atoms with van der Waals surface area (Å²) in [5, 5.41) is 0. The van der Waals surface area contributed by atoms with Crippen LogP contribution >= 0.6 is 0 Å². The number of hydrogen-bond donors (Lipinski definition) is 1. The first kappa shape index (κ1) is 16.7. The topological polar surface area (TPSA) is 50.7 Å². The molecule has 1 aromatic rings. The van der Waals surface area contributed by atoms with Gasteiger partial charge in [-0.3, -0.25) is 0 Å². The Morgan fingerprint density at radius 2 is 1.96 bits per heavy atom. The molecule has 0 atom stereocenters. The maximum Gasteiger partial charge on any atom is 0.161 e. The second kappa shape index (κ2) is 8.69. The van der Waals surface area contributed by atoms with Crippen molar-refractivity contribution in [1.82, 2.24) is 0 Å². The maximum atomic E-state index is 6.21. The van der Waals surface area contributed by atoms with E-state index in [1.165, 1.54) is 5.57 Å². The number of aliphatic imine (C=N–C) groups is 2. The molecular formula is C20H23N3. The van der Waals surface area contributed by atoms with E-state index >= 15 is 0 Å². The van der Waals surface area contributed by atoms with Crippen molar-refractivity contribution in [1.29, 1.82) is 0 Å². The first-order chi connectivity index (χ1) is 11.2. The van der Waals surface area contributed by atoms with E-state index in [0.717, 1.165) is 24.0 Å². The minimum Gasteiger partial charge on any atom is -0.383 e. The molecule has 3 heteroatoms. The molecule has 0 bridgehead atoms. The zero-order chi connectivity index (χ0) is 16.5. The van der Waals surface area contributed by atoms with Crippen LogP contribution in [-0.2, 0) is 0 Å². The van der Waals surface area contributed by atoms with Gasteiger partial charge in [0.2, 0.25) is 0 Å². The normalized spacial score (nSPS) is 16.3. The Kier molecular flexibility index (Phi) is 6.30. The number of rotatable bonds is 4.